The van der Waals surface area contributed by atoms with Crippen molar-refractivity contribution in [1.29, 1.82) is 0 Å². The summed E-state index contributed by atoms with van der Waals surface area (Å²) in [5.41, 5.74) is 1.54. The van der Waals surface area contributed by atoms with Crippen LogP contribution in [-0.4, -0.2) is 49.5 Å². The van der Waals surface area contributed by atoms with E-state index in [0.29, 0.717) is 24.5 Å². The van der Waals surface area contributed by atoms with Gasteiger partial charge in [-0.15, -0.1) is 0 Å². The molecule has 0 aromatic heterocycles. The summed E-state index contributed by atoms with van der Waals surface area (Å²) in [6.45, 7) is 2.58. The van der Waals surface area contributed by atoms with Crippen molar-refractivity contribution in [3.05, 3.63) is 60.2 Å². The van der Waals surface area contributed by atoms with E-state index in [1.165, 1.54) is 0 Å². The first-order chi connectivity index (χ1) is 14.0. The summed E-state index contributed by atoms with van der Waals surface area (Å²) in [6, 6.07) is 15.8. The Morgan fingerprint density at radius 1 is 0.966 bits per heavy atom. The first-order valence-corrected chi connectivity index (χ1v) is 9.28. The van der Waals surface area contributed by atoms with E-state index in [0.717, 1.165) is 5.56 Å². The van der Waals surface area contributed by atoms with E-state index >= 15 is 0 Å². The first kappa shape index (κ1) is 21.9. The molecule has 0 aliphatic rings. The fourth-order valence-corrected chi connectivity index (χ4v) is 2.58. The number of carbonyl (C=O) groups is 3. The molecular formula is C21H26N4O4. The molecule has 0 saturated heterocycles. The molecule has 4 amide bonds. The van der Waals surface area contributed by atoms with E-state index in [2.05, 4.69) is 16.0 Å². The van der Waals surface area contributed by atoms with Crippen LogP contribution in [0.1, 0.15) is 12.5 Å². The van der Waals surface area contributed by atoms with Gasteiger partial charge in [0.05, 0.1) is 20.2 Å². The summed E-state index contributed by atoms with van der Waals surface area (Å²) in [5, 5.41) is 7.66. The number of nitrogens with one attached hydrogen (secondary N) is 3. The molecule has 0 bridgehead atoms. The number of benzene rings is 2. The van der Waals surface area contributed by atoms with E-state index in [1.807, 2.05) is 37.3 Å². The van der Waals surface area contributed by atoms with Crippen LogP contribution in [-0.2, 0) is 16.1 Å². The molecule has 0 unspecified atom stereocenters. The molecule has 0 atom stereocenters. The maximum atomic E-state index is 12.2. The highest BCUT2D eigenvalue weighted by Crippen LogP contribution is 2.16. The molecule has 2 aromatic rings. The van der Waals surface area contributed by atoms with Gasteiger partial charge in [-0.3, -0.25) is 19.8 Å². The van der Waals surface area contributed by atoms with Crippen LogP contribution >= 0.6 is 0 Å². The maximum Gasteiger partial charge on any atom is 0.321 e. The van der Waals surface area contributed by atoms with Crippen LogP contribution in [0.2, 0.25) is 0 Å². The summed E-state index contributed by atoms with van der Waals surface area (Å²) in [4.78, 5) is 37.8. The van der Waals surface area contributed by atoms with Gasteiger partial charge in [0.1, 0.15) is 5.75 Å². The first-order valence-electron chi connectivity index (χ1n) is 9.28. The third kappa shape index (κ3) is 8.02. The topological polar surface area (TPSA) is 99.8 Å². The largest absolute Gasteiger partial charge is 0.497 e. The van der Waals surface area contributed by atoms with Crippen molar-refractivity contribution in [3.8, 4) is 5.75 Å². The van der Waals surface area contributed by atoms with Gasteiger partial charge in [-0.2, -0.15) is 0 Å². The molecule has 8 nitrogen and oxygen atoms in total. The highest BCUT2D eigenvalue weighted by atomic mass is 16.5. The van der Waals surface area contributed by atoms with Crippen LogP contribution in [0, 0.1) is 0 Å². The molecule has 0 saturated carbocycles. The molecule has 0 aliphatic carbocycles. The van der Waals surface area contributed by atoms with Crippen molar-refractivity contribution in [3.63, 3.8) is 0 Å². The van der Waals surface area contributed by atoms with Gasteiger partial charge in [0.15, 0.2) is 0 Å². The number of anilines is 1. The molecule has 154 valence electrons. The maximum absolute atomic E-state index is 12.2. The van der Waals surface area contributed by atoms with E-state index in [9.17, 15) is 14.4 Å². The predicted molar refractivity (Wildman–Crippen MR) is 111 cm³/mol. The fraction of sp³-hybridized carbons (Fsp3) is 0.286. The van der Waals surface area contributed by atoms with Gasteiger partial charge in [-0.05, 0) is 24.2 Å². The van der Waals surface area contributed by atoms with E-state index in [4.69, 9.17) is 4.74 Å². The average Bonchev–Trinajstić information content (AvgIpc) is 2.72. The SMILES string of the molecule is CCN(CC(=O)NC(=O)NCc1ccccc1)CC(=O)Nc1cccc(OC)c1. The lowest BCUT2D eigenvalue weighted by Crippen LogP contribution is -2.45. The zero-order chi connectivity index (χ0) is 21.1. The molecule has 0 fully saturated rings. The number of ether oxygens (including phenoxy) is 1. The molecule has 8 heteroatoms. The number of methoxy groups -OCH3 is 1. The highest BCUT2D eigenvalue weighted by molar-refractivity contribution is 5.96. The standard InChI is InChI=1S/C21H26N4O4/c1-3-25(14-19(26)23-17-10-7-11-18(12-17)29-2)15-20(27)24-21(28)22-13-16-8-5-4-6-9-16/h4-12H,3,13-15H2,1-2H3,(H,23,26)(H2,22,24,27,28). The smallest absolute Gasteiger partial charge is 0.321 e. The Labute approximate surface area is 170 Å². The van der Waals surface area contributed by atoms with Crippen LogP contribution in [0.5, 0.6) is 5.75 Å². The van der Waals surface area contributed by atoms with Crippen LogP contribution < -0.4 is 20.7 Å². The number of likely N-dealkylation sites (N-methyl/N-ethyl adjacent to an activating group) is 1. The molecule has 2 rings (SSSR count). The van der Waals surface area contributed by atoms with E-state index < -0.39 is 11.9 Å². The lowest BCUT2D eigenvalue weighted by molar-refractivity contribution is -0.122. The van der Waals surface area contributed by atoms with E-state index in [-0.39, 0.29) is 19.0 Å². The van der Waals surface area contributed by atoms with Crippen molar-refractivity contribution < 1.29 is 19.1 Å². The lowest BCUT2D eigenvalue weighted by Gasteiger charge is -2.19. The van der Waals surface area contributed by atoms with Crippen molar-refractivity contribution >= 4 is 23.5 Å². The summed E-state index contributed by atoms with van der Waals surface area (Å²) in [6.07, 6.45) is 0. The number of nitrogens with zero attached hydrogens (tertiary/aromatic N) is 1. The number of hydrogen-bond acceptors (Lipinski definition) is 5. The molecular weight excluding hydrogens is 372 g/mol. The van der Waals surface area contributed by atoms with Crippen LogP contribution in [0.15, 0.2) is 54.6 Å². The molecule has 0 spiro atoms. The molecule has 29 heavy (non-hydrogen) atoms. The number of carbonyl (C=O) groups excluding carboxylic acids is 3. The number of hydrogen-bond donors (Lipinski definition) is 3. The molecule has 3 N–H and O–H groups in total. The Morgan fingerprint density at radius 2 is 1.69 bits per heavy atom. The minimum absolute atomic E-state index is 0.0206. The van der Waals surface area contributed by atoms with Crippen molar-refractivity contribution in [2.24, 2.45) is 0 Å². The predicted octanol–water partition coefficient (Wildman–Crippen LogP) is 1.98. The van der Waals surface area contributed by atoms with Gasteiger partial charge in [0.2, 0.25) is 11.8 Å². The van der Waals surface area contributed by atoms with Gasteiger partial charge in [0.25, 0.3) is 0 Å². The van der Waals surface area contributed by atoms with Gasteiger partial charge < -0.3 is 15.4 Å². The number of urea groups is 1. The molecule has 0 heterocycles. The third-order valence-electron chi connectivity index (χ3n) is 4.08. The second-order valence-corrected chi connectivity index (χ2v) is 6.30. The van der Waals surface area contributed by atoms with Gasteiger partial charge >= 0.3 is 6.03 Å². The van der Waals surface area contributed by atoms with Crippen molar-refractivity contribution in [1.82, 2.24) is 15.5 Å². The zero-order valence-electron chi connectivity index (χ0n) is 16.6. The fourth-order valence-electron chi connectivity index (χ4n) is 2.58. The molecule has 0 aliphatic heterocycles. The number of rotatable bonds is 9. The quantitative estimate of drug-likeness (QED) is 0.600. The molecule has 2 aromatic carbocycles. The van der Waals surface area contributed by atoms with Crippen LogP contribution in [0.25, 0.3) is 0 Å². The summed E-state index contributed by atoms with van der Waals surface area (Å²) in [5.74, 6) is -0.107. The molecule has 0 radical (unpaired) electrons. The summed E-state index contributed by atoms with van der Waals surface area (Å²) >= 11 is 0. The Kier molecular flexibility index (Phi) is 8.65. The second-order valence-electron chi connectivity index (χ2n) is 6.30. The zero-order valence-corrected chi connectivity index (χ0v) is 16.6. The summed E-state index contributed by atoms with van der Waals surface area (Å²) in [7, 11) is 1.55. The highest BCUT2D eigenvalue weighted by Gasteiger charge is 2.15. The van der Waals surface area contributed by atoms with Crippen LogP contribution in [0.3, 0.4) is 0 Å². The Hall–Kier alpha value is -3.39. The van der Waals surface area contributed by atoms with Gasteiger partial charge in [-0.1, -0.05) is 43.3 Å². The minimum atomic E-state index is -0.573. The van der Waals surface area contributed by atoms with Gasteiger partial charge in [-0.25, -0.2) is 4.79 Å². The minimum Gasteiger partial charge on any atom is -0.497 e. The van der Waals surface area contributed by atoms with Crippen LogP contribution in [0.4, 0.5) is 10.5 Å². The Morgan fingerprint density at radius 3 is 2.38 bits per heavy atom. The monoisotopic (exact) mass is 398 g/mol. The lowest BCUT2D eigenvalue weighted by atomic mass is 10.2. The average molecular weight is 398 g/mol. The summed E-state index contributed by atoms with van der Waals surface area (Å²) < 4.78 is 5.12. The van der Waals surface area contributed by atoms with Crippen molar-refractivity contribution in [2.45, 2.75) is 13.5 Å². The Bertz CT molecular complexity index is 826. The normalized spacial score (nSPS) is 10.3. The third-order valence-corrected chi connectivity index (χ3v) is 4.08. The second kappa shape index (κ2) is 11.5. The number of amides is 4. The van der Waals surface area contributed by atoms with Crippen molar-refractivity contribution in [2.75, 3.05) is 32.1 Å². The van der Waals surface area contributed by atoms with E-state index in [1.54, 1.807) is 36.3 Å². The number of imide groups is 1. The Balaban J connectivity index is 1.76. The van der Waals surface area contributed by atoms with Gasteiger partial charge in [0, 0.05) is 18.3 Å².